The summed E-state index contributed by atoms with van der Waals surface area (Å²) in [4.78, 5) is 22.1. The maximum Gasteiger partial charge on any atom is 0.233 e. The molecule has 1 saturated heterocycles. The zero-order valence-corrected chi connectivity index (χ0v) is 19.0. The Balaban J connectivity index is 1.58. The van der Waals surface area contributed by atoms with Crippen molar-refractivity contribution in [3.05, 3.63) is 57.5 Å². The van der Waals surface area contributed by atoms with Crippen LogP contribution in [-0.4, -0.2) is 55.2 Å². The summed E-state index contributed by atoms with van der Waals surface area (Å²) in [7, 11) is 0. The van der Waals surface area contributed by atoms with E-state index in [1.165, 1.54) is 11.3 Å². The lowest BCUT2D eigenvalue weighted by Gasteiger charge is -2.29. The normalized spacial score (nSPS) is 15.0. The molecule has 3 aromatic rings. The van der Waals surface area contributed by atoms with Crippen LogP contribution in [0.1, 0.15) is 5.56 Å². The van der Waals surface area contributed by atoms with Gasteiger partial charge >= 0.3 is 0 Å². The molecule has 0 unspecified atom stereocenters. The highest BCUT2D eigenvalue weighted by atomic mass is 79.9. The third-order valence-electron chi connectivity index (χ3n) is 4.91. The number of morpholine rings is 1. The number of anilines is 1. The number of amides is 1. The Morgan fingerprint density at radius 2 is 2.03 bits per heavy atom. The molecule has 0 atom stereocenters. The van der Waals surface area contributed by atoms with Crippen molar-refractivity contribution < 1.29 is 9.53 Å². The van der Waals surface area contributed by atoms with Crippen LogP contribution in [0.3, 0.4) is 0 Å². The summed E-state index contributed by atoms with van der Waals surface area (Å²) >= 11 is 11.3. The van der Waals surface area contributed by atoms with E-state index in [9.17, 15) is 4.79 Å². The molecule has 1 aromatic heterocycles. The Bertz CT molecular complexity index is 1010. The molecule has 0 spiro atoms. The van der Waals surface area contributed by atoms with Gasteiger partial charge in [0.2, 0.25) is 5.91 Å². The molecule has 0 aliphatic carbocycles. The lowest BCUT2D eigenvalue weighted by molar-refractivity contribution is -0.118. The number of benzene rings is 2. The summed E-state index contributed by atoms with van der Waals surface area (Å²) in [6.45, 7) is 4.63. The predicted octanol–water partition coefficient (Wildman–Crippen LogP) is 4.62. The fourth-order valence-electron chi connectivity index (χ4n) is 3.30. The zero-order valence-electron chi connectivity index (χ0n) is 15.8. The molecule has 2 heterocycles. The summed E-state index contributed by atoms with van der Waals surface area (Å²) in [6, 6.07) is 13.5. The summed E-state index contributed by atoms with van der Waals surface area (Å²) in [5.74, 6) is 0.00415. The first-order valence-electron chi connectivity index (χ1n) is 9.50. The Hall–Kier alpha value is -1.51. The molecule has 152 valence electrons. The van der Waals surface area contributed by atoms with E-state index in [-0.39, 0.29) is 12.3 Å². The average molecular weight is 495 g/mol. The van der Waals surface area contributed by atoms with Gasteiger partial charge in [-0.3, -0.25) is 14.6 Å². The van der Waals surface area contributed by atoms with Crippen LogP contribution < -0.4 is 4.90 Å². The van der Waals surface area contributed by atoms with Crippen LogP contribution in [0.2, 0.25) is 5.02 Å². The monoisotopic (exact) mass is 493 g/mol. The molecule has 1 aliphatic rings. The maximum absolute atomic E-state index is 13.3. The lowest BCUT2D eigenvalue weighted by Crippen LogP contribution is -2.43. The number of nitrogens with zero attached hydrogens (tertiary/aromatic N) is 3. The second-order valence-corrected chi connectivity index (χ2v) is 9.21. The van der Waals surface area contributed by atoms with E-state index in [0.717, 1.165) is 58.2 Å². The van der Waals surface area contributed by atoms with E-state index in [2.05, 4.69) is 20.8 Å². The SMILES string of the molecule is O=C(Cc1ccccc1Cl)N(CCN1CCOCC1)c1nc2ccc(Br)cc2s1. The standard InChI is InChI=1S/C21H21BrClN3O2S/c22-16-5-6-18-19(14-16)29-21(24-18)26(8-7-25-9-11-28-12-10-25)20(27)13-15-3-1-2-4-17(15)23/h1-6,14H,7-13H2. The van der Waals surface area contributed by atoms with Gasteiger partial charge in [-0.1, -0.05) is 57.1 Å². The fourth-order valence-corrected chi connectivity index (χ4v) is 5.06. The smallest absolute Gasteiger partial charge is 0.233 e. The number of hydrogen-bond donors (Lipinski definition) is 0. The van der Waals surface area contributed by atoms with Crippen molar-refractivity contribution in [2.45, 2.75) is 6.42 Å². The van der Waals surface area contributed by atoms with E-state index in [4.69, 9.17) is 21.3 Å². The highest BCUT2D eigenvalue weighted by Gasteiger charge is 2.22. The van der Waals surface area contributed by atoms with E-state index in [1.807, 2.05) is 42.5 Å². The number of carbonyl (C=O) groups is 1. The van der Waals surface area contributed by atoms with Gasteiger partial charge in [-0.2, -0.15) is 0 Å². The number of fused-ring (bicyclic) bond motifs is 1. The molecule has 29 heavy (non-hydrogen) atoms. The Kier molecular flexibility index (Phi) is 6.82. The van der Waals surface area contributed by atoms with Crippen molar-refractivity contribution in [2.24, 2.45) is 0 Å². The van der Waals surface area contributed by atoms with Gasteiger partial charge in [0, 0.05) is 35.7 Å². The number of carbonyl (C=O) groups excluding carboxylic acids is 1. The summed E-state index contributed by atoms with van der Waals surface area (Å²) in [6.07, 6.45) is 0.252. The van der Waals surface area contributed by atoms with Crippen LogP contribution in [-0.2, 0) is 16.0 Å². The second-order valence-electron chi connectivity index (χ2n) is 6.88. The molecule has 1 aliphatic heterocycles. The van der Waals surface area contributed by atoms with Crippen molar-refractivity contribution in [1.82, 2.24) is 9.88 Å². The predicted molar refractivity (Wildman–Crippen MR) is 122 cm³/mol. The molecule has 1 fully saturated rings. The fraction of sp³-hybridized carbons (Fsp3) is 0.333. The summed E-state index contributed by atoms with van der Waals surface area (Å²) in [5, 5.41) is 1.34. The molecule has 0 bridgehead atoms. The molecule has 0 radical (unpaired) electrons. The minimum atomic E-state index is 0.00415. The van der Waals surface area contributed by atoms with Gasteiger partial charge in [0.1, 0.15) is 0 Å². The molecule has 8 heteroatoms. The van der Waals surface area contributed by atoms with Crippen molar-refractivity contribution in [3.63, 3.8) is 0 Å². The van der Waals surface area contributed by atoms with Gasteiger partial charge in [-0.15, -0.1) is 0 Å². The van der Waals surface area contributed by atoms with Crippen molar-refractivity contribution >= 4 is 60.1 Å². The topological polar surface area (TPSA) is 45.7 Å². The first-order chi connectivity index (χ1) is 14.1. The number of thiazole rings is 1. The van der Waals surface area contributed by atoms with Gasteiger partial charge in [0.25, 0.3) is 0 Å². The third kappa shape index (κ3) is 5.16. The molecule has 5 nitrogen and oxygen atoms in total. The van der Waals surface area contributed by atoms with Crippen molar-refractivity contribution in [1.29, 1.82) is 0 Å². The molecule has 0 N–H and O–H groups in total. The van der Waals surface area contributed by atoms with E-state index < -0.39 is 0 Å². The van der Waals surface area contributed by atoms with Crippen LogP contribution >= 0.6 is 38.9 Å². The first kappa shape index (κ1) is 20.8. The molecular weight excluding hydrogens is 474 g/mol. The third-order valence-corrected chi connectivity index (χ3v) is 6.82. The molecule has 4 rings (SSSR count). The van der Waals surface area contributed by atoms with E-state index in [1.54, 1.807) is 4.90 Å². The van der Waals surface area contributed by atoms with Gasteiger partial charge in [0.15, 0.2) is 5.13 Å². The number of ether oxygens (including phenoxy) is 1. The zero-order chi connectivity index (χ0) is 20.2. The minimum absolute atomic E-state index is 0.00415. The number of halogens is 2. The quantitative estimate of drug-likeness (QED) is 0.502. The second kappa shape index (κ2) is 9.53. The van der Waals surface area contributed by atoms with Crippen LogP contribution in [0.5, 0.6) is 0 Å². The number of aromatic nitrogens is 1. The summed E-state index contributed by atoms with van der Waals surface area (Å²) < 4.78 is 7.48. The minimum Gasteiger partial charge on any atom is -0.379 e. The number of hydrogen-bond acceptors (Lipinski definition) is 5. The highest BCUT2D eigenvalue weighted by Crippen LogP contribution is 2.31. The van der Waals surface area contributed by atoms with Crippen LogP contribution in [0.25, 0.3) is 10.2 Å². The van der Waals surface area contributed by atoms with Crippen molar-refractivity contribution in [3.8, 4) is 0 Å². The largest absolute Gasteiger partial charge is 0.379 e. The van der Waals surface area contributed by atoms with Gasteiger partial charge in [-0.25, -0.2) is 4.98 Å². The van der Waals surface area contributed by atoms with Crippen molar-refractivity contribution in [2.75, 3.05) is 44.3 Å². The van der Waals surface area contributed by atoms with E-state index >= 15 is 0 Å². The molecule has 2 aromatic carbocycles. The maximum atomic E-state index is 13.3. The summed E-state index contributed by atoms with van der Waals surface area (Å²) in [5.41, 5.74) is 1.73. The van der Waals surface area contributed by atoms with Gasteiger partial charge in [-0.05, 0) is 29.8 Å². The number of rotatable bonds is 6. The van der Waals surface area contributed by atoms with Crippen LogP contribution in [0.4, 0.5) is 5.13 Å². The molecule has 0 saturated carbocycles. The average Bonchev–Trinajstić information content (AvgIpc) is 3.13. The van der Waals surface area contributed by atoms with Gasteiger partial charge in [0.05, 0.1) is 29.9 Å². The Labute approximate surface area is 187 Å². The Morgan fingerprint density at radius 1 is 1.24 bits per heavy atom. The Morgan fingerprint density at radius 3 is 2.83 bits per heavy atom. The van der Waals surface area contributed by atoms with Crippen LogP contribution in [0.15, 0.2) is 46.9 Å². The highest BCUT2D eigenvalue weighted by molar-refractivity contribution is 9.10. The molecular formula is C21H21BrClN3O2S. The first-order valence-corrected chi connectivity index (χ1v) is 11.5. The van der Waals surface area contributed by atoms with Gasteiger partial charge < -0.3 is 4.74 Å². The lowest BCUT2D eigenvalue weighted by atomic mass is 10.1. The molecule has 1 amide bonds. The van der Waals surface area contributed by atoms with E-state index in [0.29, 0.717) is 11.6 Å². The van der Waals surface area contributed by atoms with Crippen LogP contribution in [0, 0.1) is 0 Å².